The van der Waals surface area contributed by atoms with E-state index in [9.17, 15) is 9.18 Å². The Morgan fingerprint density at radius 2 is 2.18 bits per heavy atom. The SMILES string of the molecule is CC(C)C[C@@H](N)C(=O)Nc1ccc(F)cc1Cl. The van der Waals surface area contributed by atoms with E-state index in [0.717, 1.165) is 6.07 Å². The van der Waals surface area contributed by atoms with Gasteiger partial charge in [-0.05, 0) is 30.5 Å². The molecule has 0 bridgehead atoms. The van der Waals surface area contributed by atoms with Crippen molar-refractivity contribution in [2.45, 2.75) is 26.3 Å². The second-order valence-corrected chi connectivity index (χ2v) is 4.76. The molecule has 0 aliphatic carbocycles. The second-order valence-electron chi connectivity index (χ2n) is 4.35. The van der Waals surface area contributed by atoms with E-state index in [1.807, 2.05) is 13.8 Å². The van der Waals surface area contributed by atoms with Gasteiger partial charge in [0.05, 0.1) is 16.8 Å². The van der Waals surface area contributed by atoms with Crippen molar-refractivity contribution in [3.63, 3.8) is 0 Å². The predicted octanol–water partition coefficient (Wildman–Crippen LogP) is 2.79. The van der Waals surface area contributed by atoms with Crippen LogP contribution in [-0.2, 0) is 4.79 Å². The van der Waals surface area contributed by atoms with E-state index in [-0.39, 0.29) is 10.9 Å². The summed E-state index contributed by atoms with van der Waals surface area (Å²) in [6, 6.07) is 3.20. The molecule has 3 nitrogen and oxygen atoms in total. The molecule has 0 saturated carbocycles. The highest BCUT2D eigenvalue weighted by atomic mass is 35.5. The van der Waals surface area contributed by atoms with Crippen molar-refractivity contribution in [1.82, 2.24) is 0 Å². The van der Waals surface area contributed by atoms with Crippen molar-refractivity contribution >= 4 is 23.2 Å². The van der Waals surface area contributed by atoms with Gasteiger partial charge in [0.25, 0.3) is 0 Å². The third-order valence-electron chi connectivity index (χ3n) is 2.25. The van der Waals surface area contributed by atoms with Crippen molar-refractivity contribution in [2.75, 3.05) is 5.32 Å². The van der Waals surface area contributed by atoms with Gasteiger partial charge >= 0.3 is 0 Å². The molecule has 0 aromatic heterocycles. The van der Waals surface area contributed by atoms with E-state index < -0.39 is 11.9 Å². The van der Waals surface area contributed by atoms with Gasteiger partial charge in [0, 0.05) is 0 Å². The van der Waals surface area contributed by atoms with Crippen LogP contribution in [0.3, 0.4) is 0 Å². The summed E-state index contributed by atoms with van der Waals surface area (Å²) in [7, 11) is 0. The Labute approximate surface area is 105 Å². The Morgan fingerprint density at radius 1 is 1.53 bits per heavy atom. The molecule has 3 N–H and O–H groups in total. The number of nitrogens with two attached hydrogens (primary N) is 1. The molecule has 0 radical (unpaired) electrons. The lowest BCUT2D eigenvalue weighted by Crippen LogP contribution is -2.36. The fraction of sp³-hybridized carbons (Fsp3) is 0.417. The molecule has 5 heteroatoms. The Kier molecular flexibility index (Phi) is 4.90. The van der Waals surface area contributed by atoms with Crippen LogP contribution < -0.4 is 11.1 Å². The number of carbonyl (C=O) groups is 1. The Morgan fingerprint density at radius 3 is 2.71 bits per heavy atom. The zero-order valence-corrected chi connectivity index (χ0v) is 10.6. The molecular formula is C12H16ClFN2O. The van der Waals surface area contributed by atoms with Gasteiger partial charge in [0.15, 0.2) is 0 Å². The number of hydrogen-bond donors (Lipinski definition) is 2. The van der Waals surface area contributed by atoms with Gasteiger partial charge in [-0.25, -0.2) is 4.39 Å². The molecule has 0 saturated heterocycles. The van der Waals surface area contributed by atoms with Crippen LogP contribution in [0.5, 0.6) is 0 Å². The molecule has 1 atom stereocenters. The summed E-state index contributed by atoms with van der Waals surface area (Å²) in [5.41, 5.74) is 6.09. The van der Waals surface area contributed by atoms with Crippen molar-refractivity contribution in [3.05, 3.63) is 29.0 Å². The smallest absolute Gasteiger partial charge is 0.241 e. The molecule has 0 spiro atoms. The predicted molar refractivity (Wildman–Crippen MR) is 67.5 cm³/mol. The van der Waals surface area contributed by atoms with E-state index in [1.54, 1.807) is 0 Å². The number of nitrogens with one attached hydrogen (secondary N) is 1. The Hall–Kier alpha value is -1.13. The average molecular weight is 259 g/mol. The lowest BCUT2D eigenvalue weighted by Gasteiger charge is -2.14. The van der Waals surface area contributed by atoms with Crippen LogP contribution in [0.4, 0.5) is 10.1 Å². The quantitative estimate of drug-likeness (QED) is 0.873. The van der Waals surface area contributed by atoms with Gasteiger partial charge in [-0.1, -0.05) is 25.4 Å². The summed E-state index contributed by atoms with van der Waals surface area (Å²) in [6.45, 7) is 3.97. The second kappa shape index (κ2) is 5.98. The summed E-state index contributed by atoms with van der Waals surface area (Å²) >= 11 is 5.79. The van der Waals surface area contributed by atoms with E-state index >= 15 is 0 Å². The zero-order chi connectivity index (χ0) is 13.0. The molecule has 17 heavy (non-hydrogen) atoms. The van der Waals surface area contributed by atoms with Crippen LogP contribution >= 0.6 is 11.6 Å². The molecule has 0 unspecified atom stereocenters. The molecule has 1 rings (SSSR count). The minimum atomic E-state index is -0.587. The third-order valence-corrected chi connectivity index (χ3v) is 2.56. The highest BCUT2D eigenvalue weighted by Crippen LogP contribution is 2.22. The van der Waals surface area contributed by atoms with Crippen molar-refractivity contribution in [3.8, 4) is 0 Å². The maximum atomic E-state index is 12.8. The topological polar surface area (TPSA) is 55.1 Å². The van der Waals surface area contributed by atoms with Crippen LogP contribution in [0.1, 0.15) is 20.3 Å². The molecule has 1 amide bonds. The minimum Gasteiger partial charge on any atom is -0.323 e. The fourth-order valence-electron chi connectivity index (χ4n) is 1.43. The number of halogens is 2. The largest absolute Gasteiger partial charge is 0.323 e. The number of amides is 1. The van der Waals surface area contributed by atoms with Gasteiger partial charge in [-0.15, -0.1) is 0 Å². The van der Waals surface area contributed by atoms with Gasteiger partial charge in [0.2, 0.25) is 5.91 Å². The molecule has 0 aliphatic rings. The lowest BCUT2D eigenvalue weighted by atomic mass is 10.0. The van der Waals surface area contributed by atoms with Gasteiger partial charge in [0.1, 0.15) is 5.82 Å². The van der Waals surface area contributed by atoms with Crippen molar-refractivity contribution in [1.29, 1.82) is 0 Å². The van der Waals surface area contributed by atoms with Crippen LogP contribution in [-0.4, -0.2) is 11.9 Å². The summed E-state index contributed by atoms with van der Waals surface area (Å²) in [6.07, 6.45) is 0.588. The lowest BCUT2D eigenvalue weighted by molar-refractivity contribution is -0.117. The Bertz CT molecular complexity index is 409. The molecule has 1 aromatic carbocycles. The molecular weight excluding hydrogens is 243 g/mol. The van der Waals surface area contributed by atoms with Crippen LogP contribution in [0, 0.1) is 11.7 Å². The molecule has 0 fully saturated rings. The van der Waals surface area contributed by atoms with E-state index in [1.165, 1.54) is 12.1 Å². The van der Waals surface area contributed by atoms with E-state index in [0.29, 0.717) is 18.0 Å². The number of hydrogen-bond acceptors (Lipinski definition) is 2. The standard InChI is InChI=1S/C12H16ClFN2O/c1-7(2)5-10(15)12(17)16-11-4-3-8(14)6-9(11)13/h3-4,6-7,10H,5,15H2,1-2H3,(H,16,17)/t10-/m1/s1. The highest BCUT2D eigenvalue weighted by molar-refractivity contribution is 6.33. The van der Waals surface area contributed by atoms with Crippen molar-refractivity contribution < 1.29 is 9.18 Å². The van der Waals surface area contributed by atoms with Crippen LogP contribution in [0.25, 0.3) is 0 Å². The minimum absolute atomic E-state index is 0.162. The van der Waals surface area contributed by atoms with E-state index in [2.05, 4.69) is 5.32 Å². The monoisotopic (exact) mass is 258 g/mol. The van der Waals surface area contributed by atoms with Crippen molar-refractivity contribution in [2.24, 2.45) is 11.7 Å². The first-order valence-electron chi connectivity index (χ1n) is 5.41. The average Bonchev–Trinajstić information content (AvgIpc) is 2.21. The normalized spacial score (nSPS) is 12.6. The fourth-order valence-corrected chi connectivity index (χ4v) is 1.65. The number of carbonyl (C=O) groups excluding carboxylic acids is 1. The molecule has 0 heterocycles. The summed E-state index contributed by atoms with van der Waals surface area (Å²) in [5, 5.41) is 2.74. The number of benzene rings is 1. The van der Waals surface area contributed by atoms with Crippen LogP contribution in [0.2, 0.25) is 5.02 Å². The van der Waals surface area contributed by atoms with Crippen LogP contribution in [0.15, 0.2) is 18.2 Å². The molecule has 0 aliphatic heterocycles. The summed E-state index contributed by atoms with van der Waals surface area (Å²) < 4.78 is 12.8. The summed E-state index contributed by atoms with van der Waals surface area (Å²) in [5.74, 6) is -0.425. The number of anilines is 1. The first-order valence-corrected chi connectivity index (χ1v) is 5.79. The summed E-state index contributed by atoms with van der Waals surface area (Å²) in [4.78, 5) is 11.7. The van der Waals surface area contributed by atoms with E-state index in [4.69, 9.17) is 17.3 Å². The Balaban J connectivity index is 2.67. The number of rotatable bonds is 4. The molecule has 1 aromatic rings. The van der Waals surface area contributed by atoms with Gasteiger partial charge in [-0.3, -0.25) is 4.79 Å². The first kappa shape index (κ1) is 13.9. The maximum absolute atomic E-state index is 12.8. The highest BCUT2D eigenvalue weighted by Gasteiger charge is 2.16. The third kappa shape index (κ3) is 4.32. The van der Waals surface area contributed by atoms with Gasteiger partial charge < -0.3 is 11.1 Å². The van der Waals surface area contributed by atoms with Gasteiger partial charge in [-0.2, -0.15) is 0 Å². The maximum Gasteiger partial charge on any atom is 0.241 e. The first-order chi connectivity index (χ1) is 7.90. The molecule has 94 valence electrons. The zero-order valence-electron chi connectivity index (χ0n) is 9.84.